The maximum atomic E-state index is 10.0. The second kappa shape index (κ2) is 4.61. The third-order valence-corrected chi connectivity index (χ3v) is 3.10. The van der Waals surface area contributed by atoms with Gasteiger partial charge in [0.05, 0.1) is 17.0 Å². The second-order valence-electron chi connectivity index (χ2n) is 4.43. The fraction of sp³-hybridized carbons (Fsp3) is 0.0625. The lowest BCUT2D eigenvalue weighted by atomic mass is 10.1. The SMILES string of the molecule is CC(=Nc1ccccc1)c1c(O)[nH]c2ccccc12. The number of aromatic nitrogens is 1. The van der Waals surface area contributed by atoms with Crippen molar-refractivity contribution in [3.63, 3.8) is 0 Å². The number of aromatic amines is 1. The van der Waals surface area contributed by atoms with Crippen LogP contribution in [-0.2, 0) is 0 Å². The third-order valence-electron chi connectivity index (χ3n) is 3.10. The van der Waals surface area contributed by atoms with Crippen LogP contribution in [0.25, 0.3) is 10.9 Å². The predicted molar refractivity (Wildman–Crippen MR) is 78.3 cm³/mol. The van der Waals surface area contributed by atoms with E-state index >= 15 is 0 Å². The summed E-state index contributed by atoms with van der Waals surface area (Å²) in [6.45, 7) is 1.91. The fourth-order valence-corrected chi connectivity index (χ4v) is 2.25. The molecule has 0 unspecified atom stereocenters. The van der Waals surface area contributed by atoms with Gasteiger partial charge in [0.2, 0.25) is 0 Å². The molecule has 0 bridgehead atoms. The van der Waals surface area contributed by atoms with Crippen LogP contribution in [0.3, 0.4) is 0 Å². The first-order valence-electron chi connectivity index (χ1n) is 6.16. The van der Waals surface area contributed by atoms with Crippen LogP contribution in [0.1, 0.15) is 12.5 Å². The molecule has 0 radical (unpaired) electrons. The van der Waals surface area contributed by atoms with Crippen LogP contribution >= 0.6 is 0 Å². The number of rotatable bonds is 2. The van der Waals surface area contributed by atoms with Crippen molar-refractivity contribution in [3.05, 3.63) is 60.2 Å². The first kappa shape index (κ1) is 11.5. The van der Waals surface area contributed by atoms with Gasteiger partial charge in [0.25, 0.3) is 0 Å². The molecule has 1 aromatic heterocycles. The number of para-hydroxylation sites is 2. The lowest BCUT2D eigenvalue weighted by Gasteiger charge is -2.00. The van der Waals surface area contributed by atoms with Gasteiger partial charge in [-0.1, -0.05) is 36.4 Å². The predicted octanol–water partition coefficient (Wildman–Crippen LogP) is 4.01. The molecule has 3 rings (SSSR count). The van der Waals surface area contributed by atoms with Gasteiger partial charge in [-0.3, -0.25) is 4.99 Å². The molecular weight excluding hydrogens is 236 g/mol. The summed E-state index contributed by atoms with van der Waals surface area (Å²) in [5.41, 5.74) is 3.35. The van der Waals surface area contributed by atoms with E-state index in [1.165, 1.54) is 0 Å². The van der Waals surface area contributed by atoms with Crippen LogP contribution in [0.4, 0.5) is 5.69 Å². The van der Waals surface area contributed by atoms with E-state index in [0.29, 0.717) is 0 Å². The maximum Gasteiger partial charge on any atom is 0.198 e. The number of hydrogen-bond donors (Lipinski definition) is 2. The zero-order chi connectivity index (χ0) is 13.2. The monoisotopic (exact) mass is 250 g/mol. The van der Waals surface area contributed by atoms with Crippen LogP contribution in [0, 0.1) is 0 Å². The van der Waals surface area contributed by atoms with Crippen molar-refractivity contribution >= 4 is 22.3 Å². The lowest BCUT2D eigenvalue weighted by molar-refractivity contribution is 0.457. The Hall–Kier alpha value is -2.55. The smallest absolute Gasteiger partial charge is 0.198 e. The average Bonchev–Trinajstić information content (AvgIpc) is 2.75. The number of nitrogens with one attached hydrogen (secondary N) is 1. The summed E-state index contributed by atoms with van der Waals surface area (Å²) in [7, 11) is 0. The Morgan fingerprint density at radius 1 is 1.00 bits per heavy atom. The summed E-state index contributed by atoms with van der Waals surface area (Å²) in [6, 6.07) is 17.5. The largest absolute Gasteiger partial charge is 0.494 e. The van der Waals surface area contributed by atoms with Crippen molar-refractivity contribution in [3.8, 4) is 5.88 Å². The van der Waals surface area contributed by atoms with Crippen molar-refractivity contribution in [2.45, 2.75) is 6.92 Å². The van der Waals surface area contributed by atoms with Gasteiger partial charge in [-0.2, -0.15) is 0 Å². The van der Waals surface area contributed by atoms with Gasteiger partial charge in [0.15, 0.2) is 5.88 Å². The van der Waals surface area contributed by atoms with E-state index in [0.717, 1.165) is 27.9 Å². The highest BCUT2D eigenvalue weighted by atomic mass is 16.3. The van der Waals surface area contributed by atoms with E-state index in [1.807, 2.05) is 61.5 Å². The van der Waals surface area contributed by atoms with Gasteiger partial charge in [-0.25, -0.2) is 0 Å². The zero-order valence-corrected chi connectivity index (χ0v) is 10.6. The quantitative estimate of drug-likeness (QED) is 0.663. The Morgan fingerprint density at radius 2 is 1.68 bits per heavy atom. The standard InChI is InChI=1S/C16H14N2O/c1-11(17-12-7-3-2-4-8-12)15-13-9-5-6-10-14(13)18-16(15)19/h2-10,18-19H,1H3. The molecule has 0 saturated carbocycles. The van der Waals surface area contributed by atoms with E-state index < -0.39 is 0 Å². The molecule has 2 N–H and O–H groups in total. The molecule has 94 valence electrons. The van der Waals surface area contributed by atoms with E-state index in [2.05, 4.69) is 9.98 Å². The average molecular weight is 250 g/mol. The molecule has 2 aromatic carbocycles. The second-order valence-corrected chi connectivity index (χ2v) is 4.43. The number of aromatic hydroxyl groups is 1. The molecule has 0 spiro atoms. The van der Waals surface area contributed by atoms with Crippen LogP contribution in [0.15, 0.2) is 59.6 Å². The molecule has 0 amide bonds. The summed E-state index contributed by atoms with van der Waals surface area (Å²) >= 11 is 0. The number of nitrogens with zero attached hydrogens (tertiary/aromatic N) is 1. The topological polar surface area (TPSA) is 48.4 Å². The maximum absolute atomic E-state index is 10.0. The van der Waals surface area contributed by atoms with E-state index in [-0.39, 0.29) is 5.88 Å². The molecule has 3 nitrogen and oxygen atoms in total. The Labute approximate surface area is 111 Å². The lowest BCUT2D eigenvalue weighted by Crippen LogP contribution is -1.92. The minimum absolute atomic E-state index is 0.165. The Kier molecular flexibility index (Phi) is 2.80. The first-order valence-corrected chi connectivity index (χ1v) is 6.16. The number of fused-ring (bicyclic) bond motifs is 1. The number of H-pyrrole nitrogens is 1. The molecule has 0 aliphatic heterocycles. The molecule has 0 atom stereocenters. The summed E-state index contributed by atoms with van der Waals surface area (Å²) in [4.78, 5) is 7.52. The van der Waals surface area contributed by atoms with Gasteiger partial charge >= 0.3 is 0 Å². The van der Waals surface area contributed by atoms with E-state index in [9.17, 15) is 5.11 Å². The first-order chi connectivity index (χ1) is 9.25. The van der Waals surface area contributed by atoms with Gasteiger partial charge < -0.3 is 10.1 Å². The third kappa shape index (κ3) is 2.10. The Morgan fingerprint density at radius 3 is 2.47 bits per heavy atom. The number of hydrogen-bond acceptors (Lipinski definition) is 2. The van der Waals surface area contributed by atoms with E-state index in [4.69, 9.17) is 0 Å². The molecule has 3 heteroatoms. The van der Waals surface area contributed by atoms with Crippen molar-refractivity contribution < 1.29 is 5.11 Å². The summed E-state index contributed by atoms with van der Waals surface area (Å²) in [5, 5.41) is 11.0. The van der Waals surface area contributed by atoms with Crippen LogP contribution in [0.2, 0.25) is 0 Å². The van der Waals surface area contributed by atoms with Gasteiger partial charge in [-0.05, 0) is 25.1 Å². The summed E-state index contributed by atoms with van der Waals surface area (Å²) in [5.74, 6) is 0.165. The van der Waals surface area contributed by atoms with Gasteiger partial charge in [0.1, 0.15) is 0 Å². The molecule has 0 aliphatic rings. The van der Waals surface area contributed by atoms with Crippen molar-refractivity contribution in [1.82, 2.24) is 4.98 Å². The van der Waals surface area contributed by atoms with Crippen LogP contribution in [-0.4, -0.2) is 15.8 Å². The van der Waals surface area contributed by atoms with Crippen molar-refractivity contribution in [2.24, 2.45) is 4.99 Å². The zero-order valence-electron chi connectivity index (χ0n) is 10.6. The van der Waals surface area contributed by atoms with Crippen molar-refractivity contribution in [2.75, 3.05) is 0 Å². The molecule has 0 saturated heterocycles. The normalized spacial score (nSPS) is 11.9. The molecule has 0 aliphatic carbocycles. The van der Waals surface area contributed by atoms with Crippen LogP contribution in [0.5, 0.6) is 5.88 Å². The highest BCUT2D eigenvalue weighted by Crippen LogP contribution is 2.28. The minimum atomic E-state index is 0.165. The summed E-state index contributed by atoms with van der Waals surface area (Å²) in [6.07, 6.45) is 0. The molecule has 3 aromatic rings. The number of benzene rings is 2. The van der Waals surface area contributed by atoms with E-state index in [1.54, 1.807) is 0 Å². The molecule has 19 heavy (non-hydrogen) atoms. The molecule has 1 heterocycles. The Bertz CT molecular complexity index is 742. The Balaban J connectivity index is 2.14. The van der Waals surface area contributed by atoms with Crippen LogP contribution < -0.4 is 0 Å². The molecular formula is C16H14N2O. The molecule has 0 fully saturated rings. The van der Waals surface area contributed by atoms with Gasteiger partial charge in [0, 0.05) is 10.9 Å². The summed E-state index contributed by atoms with van der Waals surface area (Å²) < 4.78 is 0. The fourth-order valence-electron chi connectivity index (χ4n) is 2.25. The number of aliphatic imine (C=N–C) groups is 1. The highest BCUT2D eigenvalue weighted by molar-refractivity contribution is 6.12. The minimum Gasteiger partial charge on any atom is -0.494 e. The highest BCUT2D eigenvalue weighted by Gasteiger charge is 2.12. The van der Waals surface area contributed by atoms with Gasteiger partial charge in [-0.15, -0.1) is 0 Å². The van der Waals surface area contributed by atoms with Crippen molar-refractivity contribution in [1.29, 1.82) is 0 Å².